The molecule has 0 amide bonds. The Balaban J connectivity index is 1.83. The molecule has 0 bridgehead atoms. The summed E-state index contributed by atoms with van der Waals surface area (Å²) in [6.45, 7) is 8.27. The Kier molecular flexibility index (Phi) is 5.77. The number of nitrogen functional groups attached to an aromatic ring is 1. The summed E-state index contributed by atoms with van der Waals surface area (Å²) in [6.07, 6.45) is 1.54. The van der Waals surface area contributed by atoms with E-state index in [4.69, 9.17) is 24.8 Å². The van der Waals surface area contributed by atoms with Gasteiger partial charge in [-0.25, -0.2) is 14.6 Å². The van der Waals surface area contributed by atoms with Gasteiger partial charge in [0.1, 0.15) is 35.0 Å². The number of aliphatic hydroxyl groups is 1. The molecule has 11 nitrogen and oxygen atoms in total. The van der Waals surface area contributed by atoms with Gasteiger partial charge >= 0.3 is 0 Å². The Bertz CT molecular complexity index is 1130. The van der Waals surface area contributed by atoms with Crippen LogP contribution < -0.4 is 15.8 Å². The number of nitrogens with two attached hydrogens (primary N) is 1. The van der Waals surface area contributed by atoms with Gasteiger partial charge in [0.2, 0.25) is 0 Å². The second-order valence-electron chi connectivity index (χ2n) is 7.66. The van der Waals surface area contributed by atoms with E-state index >= 15 is 0 Å². The summed E-state index contributed by atoms with van der Waals surface area (Å²) < 4.78 is 18.5. The minimum absolute atomic E-state index is 0.0636. The van der Waals surface area contributed by atoms with E-state index in [2.05, 4.69) is 32.5 Å². The largest absolute Gasteiger partial charge is 0.487 e. The lowest BCUT2D eigenvalue weighted by atomic mass is 10.1. The fraction of sp³-hybridized carbons (Fsp3) is 0.500. The maximum atomic E-state index is 10.0. The normalized spacial score (nSPS) is 16.8. The number of ether oxygens (including phenoxy) is 2. The van der Waals surface area contributed by atoms with Crippen LogP contribution in [0.2, 0.25) is 0 Å². The third kappa shape index (κ3) is 4.46. The van der Waals surface area contributed by atoms with Crippen LogP contribution in [0.1, 0.15) is 26.5 Å². The first-order valence-corrected chi connectivity index (χ1v) is 10.1. The van der Waals surface area contributed by atoms with Crippen LogP contribution in [-0.2, 0) is 11.3 Å². The van der Waals surface area contributed by atoms with Crippen LogP contribution >= 0.6 is 0 Å². The van der Waals surface area contributed by atoms with Crippen molar-refractivity contribution in [2.75, 3.05) is 32.0 Å². The highest BCUT2D eigenvalue weighted by atomic mass is 16.6. The number of anilines is 1. The van der Waals surface area contributed by atoms with Crippen LogP contribution in [0.5, 0.6) is 5.75 Å². The molecule has 0 spiro atoms. The van der Waals surface area contributed by atoms with Crippen molar-refractivity contribution in [1.29, 1.82) is 0 Å². The molecule has 1 aliphatic rings. The molecule has 0 aliphatic carbocycles. The number of nitrogens with zero attached hydrogens (tertiary/aromatic N) is 5. The van der Waals surface area contributed by atoms with Crippen molar-refractivity contribution < 1.29 is 19.2 Å². The van der Waals surface area contributed by atoms with Crippen molar-refractivity contribution in [3.05, 3.63) is 11.9 Å². The van der Waals surface area contributed by atoms with E-state index < -0.39 is 5.60 Å². The summed E-state index contributed by atoms with van der Waals surface area (Å²) in [6, 6.07) is 0. The number of hydrogen-bond acceptors (Lipinski definition) is 10. The maximum Gasteiger partial charge on any atom is 0.199 e. The number of aromatic nitrogens is 5. The van der Waals surface area contributed by atoms with E-state index in [1.54, 1.807) is 20.0 Å². The quantitative estimate of drug-likeness (QED) is 0.494. The molecular weight excluding hydrogens is 402 g/mol. The van der Waals surface area contributed by atoms with Crippen molar-refractivity contribution in [2.24, 2.45) is 0 Å². The van der Waals surface area contributed by atoms with Gasteiger partial charge in [0.15, 0.2) is 23.1 Å². The highest BCUT2D eigenvalue weighted by Crippen LogP contribution is 2.33. The molecular formula is C20H25N7O4. The molecule has 0 radical (unpaired) electrons. The van der Waals surface area contributed by atoms with Gasteiger partial charge in [0.05, 0.1) is 12.8 Å². The average molecular weight is 427 g/mol. The fourth-order valence-corrected chi connectivity index (χ4v) is 3.27. The van der Waals surface area contributed by atoms with E-state index in [9.17, 15) is 5.11 Å². The zero-order valence-electron chi connectivity index (χ0n) is 17.7. The first kappa shape index (κ1) is 21.0. The lowest BCUT2D eigenvalue weighted by Gasteiger charge is -2.23. The maximum absolute atomic E-state index is 10.0. The standard InChI is InChI=1S/C20H25N7O4/c1-4-27-17-14(30-11-12-9-22-7-8-29-12)10-23-13(5-6-20(2,3)28)15(17)24-19(27)16-18(21)26-31-25-16/h10,12,22,28H,4,7-9,11H2,1-3H3,(H2,21,26). The van der Waals surface area contributed by atoms with Crippen molar-refractivity contribution in [1.82, 2.24) is 30.2 Å². The molecule has 3 aromatic rings. The molecule has 4 heterocycles. The van der Waals surface area contributed by atoms with Gasteiger partial charge < -0.3 is 30.2 Å². The number of aryl methyl sites for hydroxylation is 1. The molecule has 1 saturated heterocycles. The van der Waals surface area contributed by atoms with Gasteiger partial charge in [-0.2, -0.15) is 0 Å². The first-order valence-electron chi connectivity index (χ1n) is 10.1. The SMILES string of the molecule is CCn1c(-c2nonc2N)nc2c(C#CC(C)(C)O)ncc(OCC3CNCCO3)c21. The predicted octanol–water partition coefficient (Wildman–Crippen LogP) is 0.573. The third-order valence-corrected chi connectivity index (χ3v) is 4.69. The second-order valence-corrected chi connectivity index (χ2v) is 7.66. The number of rotatable bonds is 5. The van der Waals surface area contributed by atoms with Crippen LogP contribution in [-0.4, -0.2) is 68.0 Å². The van der Waals surface area contributed by atoms with Gasteiger partial charge in [-0.1, -0.05) is 5.92 Å². The summed E-state index contributed by atoms with van der Waals surface area (Å²) in [5.74, 6) is 6.83. The second kappa shape index (κ2) is 8.50. The molecule has 1 aliphatic heterocycles. The topological polar surface area (TPSA) is 146 Å². The Labute approximate surface area is 178 Å². The number of nitrogens with one attached hydrogen (secondary N) is 1. The van der Waals surface area contributed by atoms with Crippen molar-refractivity contribution in [3.63, 3.8) is 0 Å². The highest BCUT2D eigenvalue weighted by molar-refractivity contribution is 5.89. The predicted molar refractivity (Wildman–Crippen MR) is 112 cm³/mol. The minimum Gasteiger partial charge on any atom is -0.487 e. The van der Waals surface area contributed by atoms with Crippen LogP contribution in [0, 0.1) is 11.8 Å². The third-order valence-electron chi connectivity index (χ3n) is 4.69. The number of fused-ring (bicyclic) bond motifs is 1. The van der Waals surface area contributed by atoms with E-state index in [0.29, 0.717) is 60.3 Å². The van der Waals surface area contributed by atoms with Gasteiger partial charge in [-0.05, 0) is 37.0 Å². The Morgan fingerprint density at radius 1 is 1.42 bits per heavy atom. The van der Waals surface area contributed by atoms with E-state index in [-0.39, 0.29) is 11.9 Å². The zero-order chi connectivity index (χ0) is 22.0. The summed E-state index contributed by atoms with van der Waals surface area (Å²) in [7, 11) is 0. The number of morpholine rings is 1. The fourth-order valence-electron chi connectivity index (χ4n) is 3.27. The number of pyridine rings is 1. The average Bonchev–Trinajstić information content (AvgIpc) is 3.34. The molecule has 4 rings (SSSR count). The van der Waals surface area contributed by atoms with Gasteiger partial charge in [0.25, 0.3) is 0 Å². The van der Waals surface area contributed by atoms with Crippen molar-refractivity contribution >= 4 is 16.9 Å². The van der Waals surface area contributed by atoms with Crippen LogP contribution in [0.25, 0.3) is 22.6 Å². The Hall–Kier alpha value is -3.20. The molecule has 4 N–H and O–H groups in total. The number of hydrogen-bond donors (Lipinski definition) is 3. The first-order chi connectivity index (χ1) is 14.9. The van der Waals surface area contributed by atoms with Gasteiger partial charge in [-0.3, -0.25) is 0 Å². The molecule has 164 valence electrons. The minimum atomic E-state index is -1.18. The molecule has 0 aromatic carbocycles. The summed E-state index contributed by atoms with van der Waals surface area (Å²) in [5.41, 5.74) is 6.67. The lowest BCUT2D eigenvalue weighted by molar-refractivity contribution is 0.000381. The van der Waals surface area contributed by atoms with E-state index in [1.807, 2.05) is 11.5 Å². The number of imidazole rings is 1. The van der Waals surface area contributed by atoms with E-state index in [1.165, 1.54) is 0 Å². The summed E-state index contributed by atoms with van der Waals surface area (Å²) in [4.78, 5) is 9.13. The van der Waals surface area contributed by atoms with Gasteiger partial charge in [0, 0.05) is 19.6 Å². The van der Waals surface area contributed by atoms with Gasteiger partial charge in [-0.15, -0.1) is 0 Å². The molecule has 1 fully saturated rings. The van der Waals surface area contributed by atoms with Crippen LogP contribution in [0.4, 0.5) is 5.82 Å². The van der Waals surface area contributed by atoms with E-state index in [0.717, 1.165) is 6.54 Å². The smallest absolute Gasteiger partial charge is 0.199 e. The van der Waals surface area contributed by atoms with Crippen molar-refractivity contribution in [3.8, 4) is 29.1 Å². The molecule has 31 heavy (non-hydrogen) atoms. The van der Waals surface area contributed by atoms with Crippen LogP contribution in [0.3, 0.4) is 0 Å². The summed E-state index contributed by atoms with van der Waals surface area (Å²) in [5, 5.41) is 20.8. The molecule has 0 saturated carbocycles. The van der Waals surface area contributed by atoms with Crippen LogP contribution in [0.15, 0.2) is 10.8 Å². The zero-order valence-corrected chi connectivity index (χ0v) is 17.7. The highest BCUT2D eigenvalue weighted by Gasteiger charge is 2.24. The Morgan fingerprint density at radius 2 is 2.26 bits per heavy atom. The Morgan fingerprint density at radius 3 is 2.90 bits per heavy atom. The monoisotopic (exact) mass is 427 g/mol. The molecule has 3 aromatic heterocycles. The van der Waals surface area contributed by atoms with Crippen molar-refractivity contribution in [2.45, 2.75) is 39.0 Å². The summed E-state index contributed by atoms with van der Waals surface area (Å²) >= 11 is 0. The lowest BCUT2D eigenvalue weighted by Crippen LogP contribution is -2.41. The molecule has 1 unspecified atom stereocenters. The molecule has 1 atom stereocenters. The molecule has 11 heteroatoms.